The highest BCUT2D eigenvalue weighted by molar-refractivity contribution is 7.99. The first-order valence-corrected chi connectivity index (χ1v) is 13.8. The van der Waals surface area contributed by atoms with Crippen LogP contribution >= 0.6 is 23.4 Å². The lowest BCUT2D eigenvalue weighted by Gasteiger charge is -2.44. The molecular formula is C23H43ClN2O5S. The van der Waals surface area contributed by atoms with Crippen LogP contribution in [0.25, 0.3) is 0 Å². The molecule has 0 aromatic heterocycles. The van der Waals surface area contributed by atoms with E-state index in [9.17, 15) is 20.1 Å². The predicted molar refractivity (Wildman–Crippen MR) is 130 cm³/mol. The summed E-state index contributed by atoms with van der Waals surface area (Å²) >= 11 is 7.61. The van der Waals surface area contributed by atoms with Crippen molar-refractivity contribution in [2.24, 2.45) is 11.8 Å². The van der Waals surface area contributed by atoms with Crippen molar-refractivity contribution in [2.75, 3.05) is 12.8 Å². The maximum absolute atomic E-state index is 13.1. The fourth-order valence-corrected chi connectivity index (χ4v) is 5.58. The molecule has 9 atom stereocenters. The molecule has 5 N–H and O–H groups in total. The lowest BCUT2D eigenvalue weighted by Crippen LogP contribution is -2.65. The van der Waals surface area contributed by atoms with Crippen LogP contribution in [0.5, 0.6) is 0 Å². The average Bonchev–Trinajstić information content (AvgIpc) is 2.99. The molecule has 0 aromatic carbocycles. The third kappa shape index (κ3) is 8.00. The van der Waals surface area contributed by atoms with Crippen LogP contribution in [0.1, 0.15) is 65.7 Å². The van der Waals surface area contributed by atoms with Gasteiger partial charge in [0.05, 0.1) is 17.5 Å². The third-order valence-corrected chi connectivity index (χ3v) is 7.89. The SMILES string of the molecule is CSC1O[C@H]([C@H](NC(=O)[C@@H]2CC[C@H](CCCCC(C)C)CCN2)[C@H](C)Cl)C(O)C(O)[C@H]1O. The maximum atomic E-state index is 13.1. The highest BCUT2D eigenvalue weighted by Gasteiger charge is 2.48. The van der Waals surface area contributed by atoms with Crippen LogP contribution in [-0.2, 0) is 9.53 Å². The van der Waals surface area contributed by atoms with Crippen molar-refractivity contribution in [3.63, 3.8) is 0 Å². The topological polar surface area (TPSA) is 111 Å². The second kappa shape index (κ2) is 13.7. The summed E-state index contributed by atoms with van der Waals surface area (Å²) in [6.07, 6.45) is 4.74. The van der Waals surface area contributed by atoms with Gasteiger partial charge in [0.2, 0.25) is 5.91 Å². The number of nitrogens with one attached hydrogen (secondary N) is 2. The maximum Gasteiger partial charge on any atom is 0.237 e. The van der Waals surface area contributed by atoms with Crippen LogP contribution < -0.4 is 10.6 Å². The van der Waals surface area contributed by atoms with E-state index in [4.69, 9.17) is 16.3 Å². The zero-order valence-electron chi connectivity index (χ0n) is 19.9. The van der Waals surface area contributed by atoms with Gasteiger partial charge in [-0.2, -0.15) is 0 Å². The molecule has 2 aliphatic heterocycles. The number of unbranched alkanes of at least 4 members (excludes halogenated alkanes) is 1. The number of alkyl halides is 1. The average molecular weight is 495 g/mol. The molecule has 0 aromatic rings. The summed E-state index contributed by atoms with van der Waals surface area (Å²) in [5, 5.41) is 36.6. The summed E-state index contributed by atoms with van der Waals surface area (Å²) in [5.74, 6) is 1.22. The van der Waals surface area contributed by atoms with Crippen LogP contribution in [0, 0.1) is 11.8 Å². The zero-order valence-corrected chi connectivity index (χ0v) is 21.4. The Balaban J connectivity index is 1.92. The Bertz CT molecular complexity index is 569. The Morgan fingerprint density at radius 3 is 2.47 bits per heavy atom. The summed E-state index contributed by atoms with van der Waals surface area (Å²) in [7, 11) is 0. The molecule has 188 valence electrons. The Labute approximate surface area is 202 Å². The van der Waals surface area contributed by atoms with E-state index in [1.165, 1.54) is 37.4 Å². The number of aliphatic hydroxyl groups is 3. The number of hydrogen-bond donors (Lipinski definition) is 5. The van der Waals surface area contributed by atoms with Crippen LogP contribution in [0.3, 0.4) is 0 Å². The standard InChI is InChI=1S/C23H43ClN2O5S/c1-13(2)7-5-6-8-15-9-10-16(25-12-11-15)22(30)26-17(14(3)24)21-19(28)18(27)20(29)23(31-21)32-4/h13-21,23,25,27-29H,5-12H2,1-4H3,(H,26,30)/t14-,15-,16-,17+,18?,19?,20+,21+,23?/m0/s1. The summed E-state index contributed by atoms with van der Waals surface area (Å²) < 4.78 is 5.84. The third-order valence-electron chi connectivity index (χ3n) is 6.76. The number of carbonyl (C=O) groups is 1. The molecule has 1 amide bonds. The van der Waals surface area contributed by atoms with Gasteiger partial charge in [0, 0.05) is 0 Å². The van der Waals surface area contributed by atoms with Gasteiger partial charge in [-0.3, -0.25) is 4.79 Å². The largest absolute Gasteiger partial charge is 0.388 e. The smallest absolute Gasteiger partial charge is 0.237 e. The van der Waals surface area contributed by atoms with E-state index in [-0.39, 0.29) is 11.9 Å². The highest BCUT2D eigenvalue weighted by atomic mass is 35.5. The fourth-order valence-electron chi connectivity index (χ4n) is 4.70. The van der Waals surface area contributed by atoms with Gasteiger partial charge in [0.1, 0.15) is 29.9 Å². The predicted octanol–water partition coefficient (Wildman–Crippen LogP) is 2.24. The van der Waals surface area contributed by atoms with E-state index < -0.39 is 41.3 Å². The minimum Gasteiger partial charge on any atom is -0.388 e. The van der Waals surface area contributed by atoms with E-state index in [2.05, 4.69) is 24.5 Å². The van der Waals surface area contributed by atoms with E-state index in [0.29, 0.717) is 5.92 Å². The number of carbonyl (C=O) groups excluding carboxylic acids is 1. The van der Waals surface area contributed by atoms with Crippen molar-refractivity contribution < 1.29 is 24.9 Å². The summed E-state index contributed by atoms with van der Waals surface area (Å²) in [6, 6.07) is -1.02. The summed E-state index contributed by atoms with van der Waals surface area (Å²) in [5.41, 5.74) is -0.708. The minimum absolute atomic E-state index is 0.167. The molecule has 2 fully saturated rings. The van der Waals surface area contributed by atoms with Gasteiger partial charge in [-0.1, -0.05) is 39.5 Å². The number of rotatable bonds is 10. The minimum atomic E-state index is -1.37. The van der Waals surface area contributed by atoms with Crippen molar-refractivity contribution in [3.8, 4) is 0 Å². The lowest BCUT2D eigenvalue weighted by molar-refractivity contribution is -0.205. The molecule has 2 rings (SSSR count). The van der Waals surface area contributed by atoms with Crippen molar-refractivity contribution in [1.29, 1.82) is 0 Å². The van der Waals surface area contributed by atoms with Gasteiger partial charge in [-0.05, 0) is 50.8 Å². The fraction of sp³-hybridized carbons (Fsp3) is 0.957. The molecule has 0 bridgehead atoms. The van der Waals surface area contributed by atoms with Gasteiger partial charge >= 0.3 is 0 Å². The van der Waals surface area contributed by atoms with Crippen LogP contribution in [-0.4, -0.2) is 81.3 Å². The van der Waals surface area contributed by atoms with E-state index in [1.807, 2.05) is 0 Å². The van der Waals surface area contributed by atoms with Crippen molar-refractivity contribution in [3.05, 3.63) is 0 Å². The quantitative estimate of drug-likeness (QED) is 0.234. The first kappa shape index (κ1) is 28.1. The Morgan fingerprint density at radius 1 is 1.12 bits per heavy atom. The van der Waals surface area contributed by atoms with Gasteiger partial charge in [-0.15, -0.1) is 23.4 Å². The van der Waals surface area contributed by atoms with Gasteiger partial charge in [0.15, 0.2) is 0 Å². The molecule has 9 heteroatoms. The van der Waals surface area contributed by atoms with Crippen LogP contribution in [0.15, 0.2) is 0 Å². The normalized spacial score (nSPS) is 35.8. The first-order valence-electron chi connectivity index (χ1n) is 12.1. The molecule has 0 radical (unpaired) electrons. The number of hydrogen-bond acceptors (Lipinski definition) is 7. The van der Waals surface area contributed by atoms with Crippen molar-refractivity contribution in [2.45, 2.75) is 113 Å². The molecule has 2 saturated heterocycles. The summed E-state index contributed by atoms with van der Waals surface area (Å²) in [4.78, 5) is 13.1. The van der Waals surface area contributed by atoms with E-state index >= 15 is 0 Å². The molecule has 32 heavy (non-hydrogen) atoms. The Morgan fingerprint density at radius 2 is 1.84 bits per heavy atom. The van der Waals surface area contributed by atoms with E-state index in [1.54, 1.807) is 13.2 Å². The Hall–Kier alpha value is -0.0900. The molecule has 3 unspecified atom stereocenters. The van der Waals surface area contributed by atoms with Crippen molar-refractivity contribution >= 4 is 29.3 Å². The monoisotopic (exact) mass is 494 g/mol. The van der Waals surface area contributed by atoms with E-state index in [0.717, 1.165) is 31.7 Å². The lowest BCUT2D eigenvalue weighted by atomic mass is 9.91. The second-order valence-electron chi connectivity index (χ2n) is 9.81. The number of halogens is 1. The second-order valence-corrected chi connectivity index (χ2v) is 11.4. The molecule has 2 heterocycles. The molecule has 0 saturated carbocycles. The highest BCUT2D eigenvalue weighted by Crippen LogP contribution is 2.30. The van der Waals surface area contributed by atoms with Crippen molar-refractivity contribution in [1.82, 2.24) is 10.6 Å². The van der Waals surface area contributed by atoms with Crippen LogP contribution in [0.4, 0.5) is 0 Å². The molecule has 0 aliphatic carbocycles. The molecule has 0 spiro atoms. The number of ether oxygens (including phenoxy) is 1. The van der Waals surface area contributed by atoms with Gasteiger partial charge in [0.25, 0.3) is 0 Å². The number of amides is 1. The van der Waals surface area contributed by atoms with Crippen LogP contribution in [0.2, 0.25) is 0 Å². The molecule has 7 nitrogen and oxygen atoms in total. The first-order chi connectivity index (χ1) is 15.1. The number of aliphatic hydroxyl groups excluding tert-OH is 3. The van der Waals surface area contributed by atoms with Gasteiger partial charge in [-0.25, -0.2) is 0 Å². The Kier molecular flexibility index (Phi) is 12.1. The molecular weight excluding hydrogens is 452 g/mol. The molecule has 2 aliphatic rings. The number of thioether (sulfide) groups is 1. The zero-order chi connectivity index (χ0) is 23.8. The summed E-state index contributed by atoms with van der Waals surface area (Å²) in [6.45, 7) is 7.04. The van der Waals surface area contributed by atoms with Gasteiger partial charge < -0.3 is 30.7 Å².